The molecule has 160 valence electrons. The molecule has 0 aliphatic carbocycles. The van der Waals surface area contributed by atoms with Gasteiger partial charge in [-0.15, -0.1) is 0 Å². The number of likely N-dealkylation sites (tertiary alicyclic amines) is 1. The number of amides is 2. The van der Waals surface area contributed by atoms with Crippen molar-refractivity contribution in [3.8, 4) is 0 Å². The first-order valence-corrected chi connectivity index (χ1v) is 10.4. The summed E-state index contributed by atoms with van der Waals surface area (Å²) in [6.07, 6.45) is 4.93. The van der Waals surface area contributed by atoms with Gasteiger partial charge in [0.15, 0.2) is 5.65 Å². The average molecular weight is 422 g/mol. The highest BCUT2D eigenvalue weighted by molar-refractivity contribution is 6.05. The van der Waals surface area contributed by atoms with Crippen LogP contribution in [0.15, 0.2) is 36.7 Å². The van der Waals surface area contributed by atoms with Gasteiger partial charge in [-0.2, -0.15) is 5.10 Å². The number of hydrogen-bond donors (Lipinski definition) is 1. The molecule has 31 heavy (non-hydrogen) atoms. The molecule has 2 aliphatic rings. The molecule has 8 nitrogen and oxygen atoms in total. The van der Waals surface area contributed by atoms with Gasteiger partial charge in [0.1, 0.15) is 13.2 Å². The van der Waals surface area contributed by atoms with Crippen molar-refractivity contribution in [1.29, 1.82) is 0 Å². The van der Waals surface area contributed by atoms with Crippen molar-refractivity contribution in [2.24, 2.45) is 7.05 Å². The van der Waals surface area contributed by atoms with Gasteiger partial charge >= 0.3 is 0 Å². The van der Waals surface area contributed by atoms with Gasteiger partial charge in [-0.1, -0.05) is 12.1 Å². The van der Waals surface area contributed by atoms with Gasteiger partial charge in [-0.3, -0.25) is 14.3 Å². The van der Waals surface area contributed by atoms with Crippen molar-refractivity contribution < 1.29 is 14.0 Å². The number of pyridine rings is 1. The second kappa shape index (κ2) is 7.64. The number of hydrogen-bond acceptors (Lipinski definition) is 5. The minimum absolute atomic E-state index is 0.0351. The van der Waals surface area contributed by atoms with Crippen LogP contribution in [-0.4, -0.2) is 62.2 Å². The lowest BCUT2D eigenvalue weighted by atomic mass is 10.1. The number of rotatable bonds is 5. The number of benzene rings is 1. The second-order valence-electron chi connectivity index (χ2n) is 8.07. The first-order valence-electron chi connectivity index (χ1n) is 10.4. The van der Waals surface area contributed by atoms with E-state index in [-0.39, 0.29) is 24.4 Å². The maximum Gasteiger partial charge on any atom is 0.257 e. The maximum absolute atomic E-state index is 13.2. The minimum Gasteiger partial charge on any atom is -0.354 e. The van der Waals surface area contributed by atoms with E-state index in [9.17, 15) is 14.0 Å². The molecule has 1 unspecified atom stereocenters. The third kappa shape index (κ3) is 3.39. The number of anilines is 2. The number of aromatic nitrogens is 3. The molecule has 0 saturated carbocycles. The van der Waals surface area contributed by atoms with Crippen molar-refractivity contribution in [2.45, 2.75) is 25.4 Å². The van der Waals surface area contributed by atoms with E-state index in [1.165, 1.54) is 4.90 Å². The molecular weight excluding hydrogens is 399 g/mol. The molecule has 4 heterocycles. The molecular formula is C22H23FN6O2. The Hall–Kier alpha value is -3.49. The Kier molecular flexibility index (Phi) is 4.80. The molecule has 2 amide bonds. The molecule has 9 heteroatoms. The van der Waals surface area contributed by atoms with E-state index < -0.39 is 6.67 Å². The number of carbonyl (C=O) groups is 2. The zero-order chi connectivity index (χ0) is 21.5. The van der Waals surface area contributed by atoms with E-state index in [0.717, 1.165) is 28.7 Å². The Morgan fingerprint density at radius 2 is 2.19 bits per heavy atom. The normalized spacial score (nSPS) is 18.1. The molecule has 2 aromatic heterocycles. The van der Waals surface area contributed by atoms with E-state index in [1.54, 1.807) is 22.0 Å². The zero-order valence-corrected chi connectivity index (χ0v) is 17.2. The number of nitrogens with zero attached hydrogens (tertiary/aromatic N) is 5. The van der Waals surface area contributed by atoms with Gasteiger partial charge < -0.3 is 15.1 Å². The smallest absolute Gasteiger partial charge is 0.257 e. The number of alkyl halides is 1. The first-order chi connectivity index (χ1) is 15.0. The summed E-state index contributed by atoms with van der Waals surface area (Å²) >= 11 is 0. The number of fused-ring (bicyclic) bond motifs is 2. The van der Waals surface area contributed by atoms with Gasteiger partial charge in [0, 0.05) is 25.5 Å². The fourth-order valence-electron chi connectivity index (χ4n) is 4.50. The summed E-state index contributed by atoms with van der Waals surface area (Å²) in [4.78, 5) is 33.4. The second-order valence-corrected chi connectivity index (χ2v) is 8.07. The molecule has 3 aromatic rings. The molecule has 1 atom stereocenters. The minimum atomic E-state index is -0.538. The van der Waals surface area contributed by atoms with E-state index in [4.69, 9.17) is 0 Å². The predicted molar refractivity (Wildman–Crippen MR) is 114 cm³/mol. The lowest BCUT2D eigenvalue weighted by Gasteiger charge is -2.25. The Balaban J connectivity index is 1.35. The molecule has 1 aromatic carbocycles. The van der Waals surface area contributed by atoms with Crippen LogP contribution in [0.3, 0.4) is 0 Å². The van der Waals surface area contributed by atoms with Crippen LogP contribution in [0.5, 0.6) is 0 Å². The maximum atomic E-state index is 13.2. The SMILES string of the molecule is Cn1ncc2cc(Nc3cccc4c3C(=O)N(CC(=O)N3CCCC3CF)C4)cnc21. The topological polar surface area (TPSA) is 83.4 Å². The highest BCUT2D eigenvalue weighted by atomic mass is 19.1. The Labute approximate surface area is 178 Å². The van der Waals surface area contributed by atoms with Crippen LogP contribution in [0.2, 0.25) is 0 Å². The van der Waals surface area contributed by atoms with Gasteiger partial charge in [-0.05, 0) is 30.5 Å². The summed E-state index contributed by atoms with van der Waals surface area (Å²) in [6, 6.07) is 7.19. The van der Waals surface area contributed by atoms with Crippen molar-refractivity contribution in [2.75, 3.05) is 25.1 Å². The van der Waals surface area contributed by atoms with E-state index in [0.29, 0.717) is 30.8 Å². The highest BCUT2D eigenvalue weighted by Crippen LogP contribution is 2.32. The van der Waals surface area contributed by atoms with Gasteiger partial charge in [0.05, 0.1) is 35.4 Å². The average Bonchev–Trinajstić information content (AvgIpc) is 3.47. The van der Waals surface area contributed by atoms with Crippen LogP contribution in [-0.2, 0) is 18.4 Å². The number of nitrogens with one attached hydrogen (secondary N) is 1. The van der Waals surface area contributed by atoms with Crippen molar-refractivity contribution >= 4 is 34.2 Å². The van der Waals surface area contributed by atoms with Crippen LogP contribution < -0.4 is 5.32 Å². The molecule has 1 N–H and O–H groups in total. The quantitative estimate of drug-likeness (QED) is 0.684. The largest absolute Gasteiger partial charge is 0.354 e. The van der Waals surface area contributed by atoms with Gasteiger partial charge in [-0.25, -0.2) is 9.37 Å². The Morgan fingerprint density at radius 1 is 1.32 bits per heavy atom. The first kappa shape index (κ1) is 19.5. The van der Waals surface area contributed by atoms with E-state index in [2.05, 4.69) is 15.4 Å². The lowest BCUT2D eigenvalue weighted by Crippen LogP contribution is -2.43. The summed E-state index contributed by atoms with van der Waals surface area (Å²) in [5.41, 5.74) is 3.62. The molecule has 0 bridgehead atoms. The van der Waals surface area contributed by atoms with Crippen LogP contribution in [0.4, 0.5) is 15.8 Å². The molecule has 2 aliphatic heterocycles. The molecule has 1 fully saturated rings. The standard InChI is InChI=1S/C22H23FN6O2/c1-27-21-15(10-25-27)8-16(11-24-21)26-18-6-2-4-14-12-28(22(31)20(14)18)13-19(30)29-7-3-5-17(29)9-23/h2,4,6,8,10-11,17,26H,3,5,7,9,12-13H2,1H3. The van der Waals surface area contributed by atoms with Crippen molar-refractivity contribution in [1.82, 2.24) is 24.6 Å². The van der Waals surface area contributed by atoms with E-state index in [1.807, 2.05) is 31.3 Å². The summed E-state index contributed by atoms with van der Waals surface area (Å²) in [5.74, 6) is -0.389. The summed E-state index contributed by atoms with van der Waals surface area (Å²) in [5, 5.41) is 8.39. The highest BCUT2D eigenvalue weighted by Gasteiger charge is 2.35. The van der Waals surface area contributed by atoms with Crippen molar-refractivity contribution in [3.63, 3.8) is 0 Å². The number of halogens is 1. The van der Waals surface area contributed by atoms with Gasteiger partial charge in [0.25, 0.3) is 5.91 Å². The number of carbonyl (C=O) groups excluding carboxylic acids is 2. The van der Waals surface area contributed by atoms with Crippen molar-refractivity contribution in [3.05, 3.63) is 47.8 Å². The lowest BCUT2D eigenvalue weighted by molar-refractivity contribution is -0.133. The fraction of sp³-hybridized carbons (Fsp3) is 0.364. The molecule has 1 saturated heterocycles. The predicted octanol–water partition coefficient (Wildman–Crippen LogP) is 2.63. The van der Waals surface area contributed by atoms with Crippen LogP contribution in [0.1, 0.15) is 28.8 Å². The van der Waals surface area contributed by atoms with Crippen LogP contribution >= 0.6 is 0 Å². The molecule has 0 radical (unpaired) electrons. The Morgan fingerprint density at radius 3 is 3.03 bits per heavy atom. The van der Waals surface area contributed by atoms with Gasteiger partial charge in [0.2, 0.25) is 5.91 Å². The fourth-order valence-corrected chi connectivity index (χ4v) is 4.50. The van der Waals surface area contributed by atoms with Crippen LogP contribution in [0.25, 0.3) is 11.0 Å². The summed E-state index contributed by atoms with van der Waals surface area (Å²) < 4.78 is 14.9. The summed E-state index contributed by atoms with van der Waals surface area (Å²) in [6.45, 7) is 0.346. The third-order valence-corrected chi connectivity index (χ3v) is 6.07. The summed E-state index contributed by atoms with van der Waals surface area (Å²) in [7, 11) is 1.83. The monoisotopic (exact) mass is 422 g/mol. The number of aryl methyl sites for hydroxylation is 1. The van der Waals surface area contributed by atoms with E-state index >= 15 is 0 Å². The molecule has 0 spiro atoms. The molecule has 5 rings (SSSR count). The third-order valence-electron chi connectivity index (χ3n) is 6.07. The Bertz CT molecular complexity index is 1180. The zero-order valence-electron chi connectivity index (χ0n) is 17.2. The van der Waals surface area contributed by atoms with Crippen LogP contribution in [0, 0.1) is 0 Å².